The van der Waals surface area contributed by atoms with E-state index >= 15 is 0 Å². The molecule has 26 nitrogen and oxygen atoms in total. The number of hydrogen-bond acceptors (Lipinski definition) is 25. The molecule has 9 fully saturated rings. The summed E-state index contributed by atoms with van der Waals surface area (Å²) in [6, 6.07) is 0. The molecule has 0 radical (unpaired) electrons. The highest BCUT2D eigenvalue weighted by Crippen LogP contribution is 2.76. The molecule has 6 saturated heterocycles. The number of aliphatic hydroxyl groups excluding tert-OH is 10. The zero-order valence-electron chi connectivity index (χ0n) is 47.2. The quantitative estimate of drug-likeness (QED) is 0.0413. The molecule has 81 heavy (non-hydrogen) atoms. The Kier molecular flexibility index (Phi) is 17.0. The molecular weight excluding hydrogens is 1100 g/mol. The fourth-order valence-electron chi connectivity index (χ4n) is 17.0. The lowest BCUT2D eigenvalue weighted by Gasteiger charge is -2.64. The van der Waals surface area contributed by atoms with Crippen LogP contribution < -0.4 is 0 Å². The van der Waals surface area contributed by atoms with Crippen LogP contribution in [0.4, 0.5) is 0 Å². The van der Waals surface area contributed by atoms with Gasteiger partial charge in [0.05, 0.1) is 49.8 Å². The number of esters is 1. The second-order valence-corrected chi connectivity index (χ2v) is 27.4. The van der Waals surface area contributed by atoms with Gasteiger partial charge in [0.25, 0.3) is 0 Å². The van der Waals surface area contributed by atoms with Crippen LogP contribution in [0.3, 0.4) is 0 Å². The van der Waals surface area contributed by atoms with Crippen molar-refractivity contribution in [2.75, 3.05) is 26.9 Å². The average molecular weight is 1180 g/mol. The minimum Gasteiger partial charge on any atom is -0.456 e. The Balaban J connectivity index is 0.846. The van der Waals surface area contributed by atoms with Crippen LogP contribution in [0, 0.1) is 39.4 Å². The van der Waals surface area contributed by atoms with Gasteiger partial charge < -0.3 is 103 Å². The number of carbonyl (C=O) groups is 1. The Morgan fingerprint density at radius 3 is 1.85 bits per heavy atom. The van der Waals surface area contributed by atoms with Gasteiger partial charge in [0, 0.05) is 13.0 Å². The molecule has 0 amide bonds. The van der Waals surface area contributed by atoms with E-state index in [-0.39, 0.29) is 35.4 Å². The molecule has 0 aromatic rings. The average Bonchev–Trinajstić information content (AvgIpc) is 1.63. The van der Waals surface area contributed by atoms with Crippen LogP contribution in [0.25, 0.3) is 0 Å². The van der Waals surface area contributed by atoms with E-state index in [2.05, 4.69) is 27.7 Å². The monoisotopic (exact) mass is 1180 g/mol. The number of methoxy groups -OCH3 is 1. The molecule has 1 unspecified atom stereocenters. The molecule has 29 atom stereocenters. The number of cyclic esters (lactones) is 1. The van der Waals surface area contributed by atoms with Gasteiger partial charge in [-0.2, -0.15) is 8.42 Å². The van der Waals surface area contributed by atoms with Gasteiger partial charge in [-0.3, -0.25) is 9.35 Å². The lowest BCUT2D eigenvalue weighted by atomic mass is 9.40. The van der Waals surface area contributed by atoms with Crippen LogP contribution in [0.15, 0.2) is 11.6 Å². The van der Waals surface area contributed by atoms with E-state index in [0.717, 1.165) is 31.3 Å². The molecular formula is C54H86O26S. The van der Waals surface area contributed by atoms with Crippen LogP contribution >= 0.6 is 0 Å². The second kappa shape index (κ2) is 22.1. The van der Waals surface area contributed by atoms with Crippen LogP contribution in [-0.2, 0) is 71.5 Å². The maximum Gasteiger partial charge on any atom is 0.397 e. The second-order valence-electron chi connectivity index (χ2n) is 26.4. The highest BCUT2D eigenvalue weighted by Gasteiger charge is 2.80. The summed E-state index contributed by atoms with van der Waals surface area (Å²) in [5.41, 5.74) is -3.05. The molecule has 0 bridgehead atoms. The molecule has 3 saturated carbocycles. The van der Waals surface area contributed by atoms with Gasteiger partial charge in [-0.1, -0.05) is 39.3 Å². The largest absolute Gasteiger partial charge is 0.456 e. The normalized spacial score (nSPS) is 53.2. The zero-order chi connectivity index (χ0) is 59.1. The van der Waals surface area contributed by atoms with Crippen molar-refractivity contribution < 1.29 is 125 Å². The van der Waals surface area contributed by atoms with E-state index < -0.39 is 186 Å². The highest BCUT2D eigenvalue weighted by molar-refractivity contribution is 7.80. The van der Waals surface area contributed by atoms with Crippen LogP contribution in [0.2, 0.25) is 0 Å². The van der Waals surface area contributed by atoms with E-state index in [0.29, 0.717) is 25.7 Å². The number of hydrogen-bond donors (Lipinski definition) is 11. The van der Waals surface area contributed by atoms with Gasteiger partial charge in [0.15, 0.2) is 25.2 Å². The zero-order valence-corrected chi connectivity index (χ0v) is 48.1. The number of allylic oxidation sites excluding steroid dienone is 1. The number of rotatable bonds is 14. The first-order chi connectivity index (χ1) is 37.8. The molecule has 464 valence electrons. The van der Waals surface area contributed by atoms with Crippen molar-refractivity contribution in [3.05, 3.63) is 11.6 Å². The maximum absolute atomic E-state index is 14.6. The number of carbonyl (C=O) groups excluding carboxylic acids is 1. The summed E-state index contributed by atoms with van der Waals surface area (Å²) in [5.74, 6) is -0.716. The summed E-state index contributed by atoms with van der Waals surface area (Å²) >= 11 is 0. The first-order valence-corrected chi connectivity index (χ1v) is 29.9. The van der Waals surface area contributed by atoms with Gasteiger partial charge in [0.2, 0.25) is 0 Å². The van der Waals surface area contributed by atoms with Crippen molar-refractivity contribution in [2.45, 2.75) is 253 Å². The third-order valence-corrected chi connectivity index (χ3v) is 21.7. The van der Waals surface area contributed by atoms with Gasteiger partial charge in [-0.25, -0.2) is 4.18 Å². The van der Waals surface area contributed by atoms with Crippen molar-refractivity contribution in [2.24, 2.45) is 39.4 Å². The fraction of sp³-hybridized carbons (Fsp3) is 0.944. The molecule has 10 rings (SSSR count). The molecule has 10 aliphatic rings. The van der Waals surface area contributed by atoms with Crippen molar-refractivity contribution in [3.8, 4) is 0 Å². The Hall–Kier alpha value is -1.72. The molecule has 0 aromatic carbocycles. The fourth-order valence-corrected chi connectivity index (χ4v) is 17.5. The van der Waals surface area contributed by atoms with E-state index in [1.54, 1.807) is 0 Å². The highest BCUT2D eigenvalue weighted by atomic mass is 32.3. The van der Waals surface area contributed by atoms with Crippen molar-refractivity contribution in [3.63, 3.8) is 0 Å². The molecule has 6 heterocycles. The SMILES string of the molecule is CO[C@@H]1[C@@H](O)[C@H](O[C@@H]2[C@@H](O)[C@H](O[C@H]3[C@H](O)[C@@H](O)[C@H](O[C@H]4[C@H](O[C@H]5CC[C@]6(C)C7=C[C@H](O)[C@@]89C(=O)O[C@@](C)(C%10CCC(C)(C)O%10)[C@H]8CC[C@@]9(C)[C@@H]7CC[C@H]6C5(C)C)OC[C@@H](OS(=O)(=O)O)[C@@H]4O)O[C@@H]3C)O[C@H](CO)[C@H]2O)O[C@H](CO)[C@H]1O. The van der Waals surface area contributed by atoms with Crippen molar-refractivity contribution >= 4 is 16.4 Å². The van der Waals surface area contributed by atoms with Crippen molar-refractivity contribution in [1.29, 1.82) is 0 Å². The maximum atomic E-state index is 14.6. The summed E-state index contributed by atoms with van der Waals surface area (Å²) in [4.78, 5) is 14.6. The summed E-state index contributed by atoms with van der Waals surface area (Å²) < 4.78 is 105. The topological polar surface area (TPSA) is 385 Å². The van der Waals surface area contributed by atoms with Crippen LogP contribution in [0.1, 0.15) is 107 Å². The first-order valence-electron chi connectivity index (χ1n) is 28.5. The van der Waals surface area contributed by atoms with E-state index in [4.69, 9.17) is 56.3 Å². The Morgan fingerprint density at radius 1 is 0.642 bits per heavy atom. The van der Waals surface area contributed by atoms with Gasteiger partial charge in [-0.15, -0.1) is 0 Å². The number of aliphatic hydroxyl groups is 10. The molecule has 1 spiro atoms. The minimum atomic E-state index is -5.18. The molecule has 4 aliphatic carbocycles. The smallest absolute Gasteiger partial charge is 0.397 e. The Morgan fingerprint density at radius 2 is 1.25 bits per heavy atom. The van der Waals surface area contributed by atoms with E-state index in [1.807, 2.05) is 26.8 Å². The third-order valence-electron chi connectivity index (χ3n) is 21.2. The first kappa shape index (κ1) is 62.3. The standard InChI is InChI=1S/C54H86O26S/c1-22-40(75-46-39(64)42(34(59)26(20-56)73-46)76-45-38(63)41(69-9)33(58)25(19-55)72-45)36(61)37(62)44(71-22)77-43-35(60)27(80-81(66,67)68)21-70-47(43)74-31-14-16-51(6)24-18-30(57)54-29(53(8,79-48(54)65)32-13-15-49(2,3)78-32)12-17-52(54,7)23(24)10-11-28(51)50(31,4)5/h18,22-23,25-47,55-64H,10-17,19-21H2,1-9H3,(H,66,67,68)/t22-,23-,25-,26-,27-,28+,29-,30+,31+,32?,33-,34-,35+,36-,37-,38-,39-,40-,41+,42+,43-,44+,45+,46+,47+,51-,52+,53-,54-/m1/s1. The predicted octanol–water partition coefficient (Wildman–Crippen LogP) is -1.38. The Bertz CT molecular complexity index is 2430. The summed E-state index contributed by atoms with van der Waals surface area (Å²) in [5, 5.41) is 112. The summed E-state index contributed by atoms with van der Waals surface area (Å²) in [7, 11) is -3.99. The lowest BCUT2D eigenvalue weighted by molar-refractivity contribution is -0.389. The molecule has 27 heteroatoms. The van der Waals surface area contributed by atoms with Gasteiger partial charge in [-0.05, 0) is 107 Å². The number of ether oxygens (including phenoxy) is 11. The Labute approximate surface area is 471 Å². The third kappa shape index (κ3) is 10.1. The van der Waals surface area contributed by atoms with Crippen LogP contribution in [-0.4, -0.2) is 243 Å². The van der Waals surface area contributed by atoms with E-state index in [9.17, 15) is 68.8 Å². The number of fused-ring (bicyclic) bond motifs is 4. The minimum absolute atomic E-state index is 0.0364. The van der Waals surface area contributed by atoms with Gasteiger partial charge >= 0.3 is 16.4 Å². The van der Waals surface area contributed by atoms with Gasteiger partial charge in [0.1, 0.15) is 96.5 Å². The van der Waals surface area contributed by atoms with E-state index in [1.165, 1.54) is 14.0 Å². The summed E-state index contributed by atoms with van der Waals surface area (Å²) in [6.07, 6.45) is -26.6. The predicted molar refractivity (Wildman–Crippen MR) is 272 cm³/mol. The summed E-state index contributed by atoms with van der Waals surface area (Å²) in [6.45, 7) is 13.8. The molecule has 0 aromatic heterocycles. The molecule has 6 aliphatic heterocycles. The lowest BCUT2D eigenvalue weighted by Crippen LogP contribution is -2.67. The van der Waals surface area contributed by atoms with Crippen LogP contribution in [0.5, 0.6) is 0 Å². The van der Waals surface area contributed by atoms with Crippen molar-refractivity contribution in [1.82, 2.24) is 0 Å². The molecule has 11 N–H and O–H groups in total.